The summed E-state index contributed by atoms with van der Waals surface area (Å²) in [6.45, 7) is 4.25. The summed E-state index contributed by atoms with van der Waals surface area (Å²) in [5.41, 5.74) is 4.04. The maximum atomic E-state index is 13.0. The van der Waals surface area contributed by atoms with Gasteiger partial charge in [-0.1, -0.05) is 36.9 Å². The van der Waals surface area contributed by atoms with Crippen molar-refractivity contribution < 1.29 is 9.47 Å². The number of nitrogens with zero attached hydrogens (tertiary/aromatic N) is 3. The Kier molecular flexibility index (Phi) is 4.91. The minimum atomic E-state index is -0.0977. The molecule has 0 aliphatic heterocycles. The predicted molar refractivity (Wildman–Crippen MR) is 114 cm³/mol. The van der Waals surface area contributed by atoms with Crippen molar-refractivity contribution in [1.29, 1.82) is 0 Å². The molecule has 0 saturated heterocycles. The smallest absolute Gasteiger partial charge is 0.276 e. The first-order chi connectivity index (χ1) is 14.1. The van der Waals surface area contributed by atoms with E-state index >= 15 is 0 Å². The molecule has 4 aromatic rings. The van der Waals surface area contributed by atoms with Gasteiger partial charge in [0.05, 0.1) is 26.5 Å². The molecule has 2 aromatic carbocycles. The van der Waals surface area contributed by atoms with Crippen LogP contribution in [0.3, 0.4) is 0 Å². The molecule has 6 nitrogen and oxygen atoms in total. The van der Waals surface area contributed by atoms with Crippen LogP contribution in [-0.4, -0.2) is 28.4 Å². The van der Waals surface area contributed by atoms with E-state index in [1.807, 2.05) is 42.5 Å². The van der Waals surface area contributed by atoms with E-state index < -0.39 is 0 Å². The second-order valence-corrected chi connectivity index (χ2v) is 6.61. The molecular formula is C23H21N3O3. The molecule has 0 N–H and O–H groups in total. The van der Waals surface area contributed by atoms with Gasteiger partial charge in [0.15, 0.2) is 11.5 Å². The number of rotatable bonds is 6. The molecule has 0 atom stereocenters. The topological polar surface area (TPSA) is 57.8 Å². The number of benzene rings is 2. The lowest BCUT2D eigenvalue weighted by molar-refractivity contribution is 0.355. The largest absolute Gasteiger partial charge is 0.493 e. The molecule has 6 heteroatoms. The molecule has 4 rings (SSSR count). The second-order valence-electron chi connectivity index (χ2n) is 6.61. The molecule has 0 bridgehead atoms. The van der Waals surface area contributed by atoms with Gasteiger partial charge < -0.3 is 14.0 Å². The van der Waals surface area contributed by atoms with Gasteiger partial charge in [-0.3, -0.25) is 4.79 Å². The van der Waals surface area contributed by atoms with E-state index in [-0.39, 0.29) is 5.56 Å². The van der Waals surface area contributed by atoms with Crippen molar-refractivity contribution in [1.82, 2.24) is 14.2 Å². The highest BCUT2D eigenvalue weighted by Crippen LogP contribution is 2.31. The number of fused-ring (bicyclic) bond motifs is 1. The molecule has 0 fully saturated rings. The minimum absolute atomic E-state index is 0.0977. The van der Waals surface area contributed by atoms with Crippen molar-refractivity contribution in [3.05, 3.63) is 89.0 Å². The molecule has 146 valence electrons. The average Bonchev–Trinajstić information content (AvgIpc) is 3.21. The Balaban J connectivity index is 1.70. The Labute approximate surface area is 168 Å². The Morgan fingerprint density at radius 1 is 1.00 bits per heavy atom. The summed E-state index contributed by atoms with van der Waals surface area (Å²) < 4.78 is 13.9. The summed E-state index contributed by atoms with van der Waals surface area (Å²) in [6.07, 6.45) is 5.34. The van der Waals surface area contributed by atoms with Gasteiger partial charge in [-0.25, -0.2) is 4.52 Å². The monoisotopic (exact) mass is 387 g/mol. The highest BCUT2D eigenvalue weighted by Gasteiger charge is 2.12. The third-order valence-electron chi connectivity index (χ3n) is 4.85. The van der Waals surface area contributed by atoms with Gasteiger partial charge in [0.2, 0.25) is 0 Å². The van der Waals surface area contributed by atoms with Gasteiger partial charge in [0, 0.05) is 18.0 Å². The second kappa shape index (κ2) is 7.67. The van der Waals surface area contributed by atoms with Crippen LogP contribution in [0.25, 0.3) is 22.9 Å². The first-order valence-electron chi connectivity index (χ1n) is 9.15. The molecule has 29 heavy (non-hydrogen) atoms. The Morgan fingerprint density at radius 3 is 2.45 bits per heavy atom. The summed E-state index contributed by atoms with van der Waals surface area (Å²) in [4.78, 5) is 13.0. The van der Waals surface area contributed by atoms with E-state index in [9.17, 15) is 4.79 Å². The van der Waals surface area contributed by atoms with Crippen LogP contribution >= 0.6 is 0 Å². The number of hydrogen-bond donors (Lipinski definition) is 0. The van der Waals surface area contributed by atoms with Gasteiger partial charge in [-0.15, -0.1) is 0 Å². The maximum absolute atomic E-state index is 13.0. The molecule has 0 unspecified atom stereocenters. The SMILES string of the molecule is C=Cc1ccc(Cn2ccn3nc(-c4ccc(OC)c(OC)c4)cc3c2=O)cc1. The summed E-state index contributed by atoms with van der Waals surface area (Å²) in [5, 5.41) is 4.54. The lowest BCUT2D eigenvalue weighted by Crippen LogP contribution is -2.21. The molecule has 2 aromatic heterocycles. The van der Waals surface area contributed by atoms with Crippen molar-refractivity contribution in [2.75, 3.05) is 14.2 Å². The third kappa shape index (κ3) is 3.52. The average molecular weight is 387 g/mol. The van der Waals surface area contributed by atoms with Gasteiger partial charge >= 0.3 is 0 Å². The fourth-order valence-corrected chi connectivity index (χ4v) is 3.24. The number of ether oxygens (including phenoxy) is 2. The Bertz CT molecular complexity index is 1240. The summed E-state index contributed by atoms with van der Waals surface area (Å²) in [5.74, 6) is 1.26. The highest BCUT2D eigenvalue weighted by atomic mass is 16.5. The van der Waals surface area contributed by atoms with Crippen LogP contribution in [0.4, 0.5) is 0 Å². The summed E-state index contributed by atoms with van der Waals surface area (Å²) >= 11 is 0. The molecule has 2 heterocycles. The van der Waals surface area contributed by atoms with Crippen LogP contribution in [0, 0.1) is 0 Å². The van der Waals surface area contributed by atoms with Crippen LogP contribution in [0.5, 0.6) is 11.5 Å². The third-order valence-corrected chi connectivity index (χ3v) is 4.85. The van der Waals surface area contributed by atoms with Crippen molar-refractivity contribution in [3.63, 3.8) is 0 Å². The van der Waals surface area contributed by atoms with Crippen LogP contribution in [0.15, 0.2) is 72.3 Å². The van der Waals surface area contributed by atoms with E-state index in [1.165, 1.54) is 0 Å². The zero-order valence-electron chi connectivity index (χ0n) is 16.3. The minimum Gasteiger partial charge on any atom is -0.493 e. The standard InChI is InChI=1S/C23H21N3O3/c1-4-16-5-7-17(8-6-16)15-25-11-12-26-20(23(25)27)14-19(24-26)18-9-10-21(28-2)22(13-18)29-3/h4-14H,1,15H2,2-3H3. The lowest BCUT2D eigenvalue weighted by atomic mass is 10.1. The van der Waals surface area contributed by atoms with Gasteiger partial charge in [-0.05, 0) is 35.4 Å². The van der Waals surface area contributed by atoms with Gasteiger partial charge in [0.1, 0.15) is 5.52 Å². The maximum Gasteiger partial charge on any atom is 0.276 e. The molecule has 0 amide bonds. The first kappa shape index (κ1) is 18.6. The number of methoxy groups -OCH3 is 2. The highest BCUT2D eigenvalue weighted by molar-refractivity contribution is 5.68. The van der Waals surface area contributed by atoms with E-state index in [4.69, 9.17) is 9.47 Å². The van der Waals surface area contributed by atoms with Crippen molar-refractivity contribution in [2.45, 2.75) is 6.54 Å². The van der Waals surface area contributed by atoms with Crippen LogP contribution in [-0.2, 0) is 6.54 Å². The van der Waals surface area contributed by atoms with E-state index in [0.717, 1.165) is 16.7 Å². The van der Waals surface area contributed by atoms with Crippen molar-refractivity contribution >= 4 is 11.6 Å². The van der Waals surface area contributed by atoms with E-state index in [2.05, 4.69) is 11.7 Å². The van der Waals surface area contributed by atoms with Crippen molar-refractivity contribution in [2.24, 2.45) is 0 Å². The molecule has 0 radical (unpaired) electrons. The van der Waals surface area contributed by atoms with Crippen LogP contribution < -0.4 is 15.0 Å². The van der Waals surface area contributed by atoms with Gasteiger partial charge in [-0.2, -0.15) is 5.10 Å². The number of hydrogen-bond acceptors (Lipinski definition) is 4. The normalized spacial score (nSPS) is 10.8. The summed E-state index contributed by atoms with van der Waals surface area (Å²) in [7, 11) is 3.18. The molecule has 0 aliphatic rings. The molecule has 0 spiro atoms. The van der Waals surface area contributed by atoms with E-state index in [0.29, 0.717) is 29.3 Å². The number of aromatic nitrogens is 3. The predicted octanol–water partition coefficient (Wildman–Crippen LogP) is 3.87. The van der Waals surface area contributed by atoms with Crippen LogP contribution in [0.2, 0.25) is 0 Å². The van der Waals surface area contributed by atoms with Crippen LogP contribution in [0.1, 0.15) is 11.1 Å². The van der Waals surface area contributed by atoms with E-state index in [1.54, 1.807) is 47.8 Å². The Morgan fingerprint density at radius 2 is 1.76 bits per heavy atom. The zero-order valence-corrected chi connectivity index (χ0v) is 16.3. The first-order valence-corrected chi connectivity index (χ1v) is 9.15. The van der Waals surface area contributed by atoms with Gasteiger partial charge in [0.25, 0.3) is 5.56 Å². The Hall–Kier alpha value is -3.80. The fraction of sp³-hybridized carbons (Fsp3) is 0.130. The molecule has 0 aliphatic carbocycles. The fourth-order valence-electron chi connectivity index (χ4n) is 3.24. The van der Waals surface area contributed by atoms with Crippen molar-refractivity contribution in [3.8, 4) is 22.8 Å². The molecular weight excluding hydrogens is 366 g/mol. The quantitative estimate of drug-likeness (QED) is 0.504. The molecule has 0 saturated carbocycles. The summed E-state index contributed by atoms with van der Waals surface area (Å²) in [6, 6.07) is 15.3. The zero-order chi connectivity index (χ0) is 20.4. The lowest BCUT2D eigenvalue weighted by Gasteiger charge is -2.08.